The molecule has 1 aliphatic rings. The molecule has 3 rings (SSSR count). The van der Waals surface area contributed by atoms with Crippen LogP contribution in [0, 0.1) is 0 Å². The Bertz CT molecular complexity index is 581. The molecule has 0 amide bonds. The first-order chi connectivity index (χ1) is 10.3. The van der Waals surface area contributed by atoms with Crippen molar-refractivity contribution in [1.29, 1.82) is 0 Å². The van der Waals surface area contributed by atoms with E-state index in [4.69, 9.17) is 10.7 Å². The average Bonchev–Trinajstić information content (AvgIpc) is 2.70. The van der Waals surface area contributed by atoms with E-state index >= 15 is 0 Å². The summed E-state index contributed by atoms with van der Waals surface area (Å²) < 4.78 is 2.19. The Kier molecular flexibility index (Phi) is 4.44. The number of rotatable bonds is 4. The maximum Gasteiger partial charge on any atom is 0.151 e. The molecule has 4 nitrogen and oxygen atoms in total. The molecular weight excluding hydrogens is 260 g/mol. The van der Waals surface area contributed by atoms with E-state index in [0.29, 0.717) is 12.6 Å². The van der Waals surface area contributed by atoms with Crippen molar-refractivity contribution >= 4 is 11.5 Å². The summed E-state index contributed by atoms with van der Waals surface area (Å²) in [6, 6.07) is 6.80. The minimum absolute atomic E-state index is 0.619. The SMILES string of the molecule is CN(c1nc2ccccn2c1CCN)C1CCCCCC1. The number of hydrogen-bond acceptors (Lipinski definition) is 3. The van der Waals surface area contributed by atoms with Crippen molar-refractivity contribution in [2.75, 3.05) is 18.5 Å². The molecule has 1 fully saturated rings. The lowest BCUT2D eigenvalue weighted by atomic mass is 10.1. The summed E-state index contributed by atoms with van der Waals surface area (Å²) in [6.45, 7) is 0.661. The number of pyridine rings is 1. The first-order valence-electron chi connectivity index (χ1n) is 8.20. The Morgan fingerprint density at radius 3 is 2.71 bits per heavy atom. The van der Waals surface area contributed by atoms with Crippen LogP contribution in [-0.4, -0.2) is 29.0 Å². The van der Waals surface area contributed by atoms with Crippen LogP contribution in [-0.2, 0) is 6.42 Å². The lowest BCUT2D eigenvalue weighted by Crippen LogP contribution is -2.32. The number of aromatic nitrogens is 2. The molecule has 2 heterocycles. The largest absolute Gasteiger partial charge is 0.355 e. The van der Waals surface area contributed by atoms with Gasteiger partial charge in [-0.25, -0.2) is 4.98 Å². The standard InChI is InChI=1S/C17H26N4/c1-20(14-8-4-2-3-5-9-14)17-15(11-12-18)21-13-7-6-10-16(21)19-17/h6-7,10,13-14H,2-5,8-9,11-12,18H2,1H3. The van der Waals surface area contributed by atoms with Gasteiger partial charge < -0.3 is 15.0 Å². The number of anilines is 1. The third kappa shape index (κ3) is 2.91. The molecule has 1 aliphatic carbocycles. The zero-order chi connectivity index (χ0) is 14.7. The Labute approximate surface area is 127 Å². The van der Waals surface area contributed by atoms with Gasteiger partial charge in [-0.3, -0.25) is 0 Å². The van der Waals surface area contributed by atoms with Crippen molar-refractivity contribution in [3.63, 3.8) is 0 Å². The van der Waals surface area contributed by atoms with Gasteiger partial charge in [0, 0.05) is 25.7 Å². The Morgan fingerprint density at radius 1 is 1.24 bits per heavy atom. The predicted octanol–water partition coefficient (Wildman–Crippen LogP) is 2.99. The quantitative estimate of drug-likeness (QED) is 0.879. The molecule has 1 saturated carbocycles. The molecule has 2 N–H and O–H groups in total. The maximum atomic E-state index is 5.82. The van der Waals surface area contributed by atoms with Crippen molar-refractivity contribution in [1.82, 2.24) is 9.38 Å². The topological polar surface area (TPSA) is 46.6 Å². The fourth-order valence-corrected chi connectivity index (χ4v) is 3.50. The van der Waals surface area contributed by atoms with Crippen LogP contribution in [0.4, 0.5) is 5.82 Å². The van der Waals surface area contributed by atoms with Gasteiger partial charge in [0.25, 0.3) is 0 Å². The zero-order valence-corrected chi connectivity index (χ0v) is 13.0. The van der Waals surface area contributed by atoms with Crippen molar-refractivity contribution in [3.05, 3.63) is 30.1 Å². The number of fused-ring (bicyclic) bond motifs is 1. The third-order valence-electron chi connectivity index (χ3n) is 4.70. The molecular formula is C17H26N4. The van der Waals surface area contributed by atoms with Crippen LogP contribution in [0.2, 0.25) is 0 Å². The van der Waals surface area contributed by atoms with Crippen LogP contribution < -0.4 is 10.6 Å². The van der Waals surface area contributed by atoms with E-state index in [2.05, 4.69) is 34.7 Å². The zero-order valence-electron chi connectivity index (χ0n) is 13.0. The van der Waals surface area contributed by atoms with E-state index in [1.165, 1.54) is 44.2 Å². The highest BCUT2D eigenvalue weighted by Gasteiger charge is 2.22. The lowest BCUT2D eigenvalue weighted by Gasteiger charge is -2.28. The summed E-state index contributed by atoms with van der Waals surface area (Å²) in [5.74, 6) is 1.12. The van der Waals surface area contributed by atoms with Gasteiger partial charge in [0.05, 0.1) is 5.69 Å². The normalized spacial score (nSPS) is 17.0. The van der Waals surface area contributed by atoms with Gasteiger partial charge in [-0.05, 0) is 31.5 Å². The predicted molar refractivity (Wildman–Crippen MR) is 87.8 cm³/mol. The molecule has 2 aromatic rings. The molecule has 0 aromatic carbocycles. The maximum absolute atomic E-state index is 5.82. The Hall–Kier alpha value is -1.55. The Morgan fingerprint density at radius 2 is 2.00 bits per heavy atom. The van der Waals surface area contributed by atoms with Crippen LogP contribution in [0.1, 0.15) is 44.2 Å². The summed E-state index contributed by atoms with van der Waals surface area (Å²) in [5, 5.41) is 0. The smallest absolute Gasteiger partial charge is 0.151 e. The molecule has 2 aromatic heterocycles. The first kappa shape index (κ1) is 14.4. The van der Waals surface area contributed by atoms with Gasteiger partial charge in [-0.1, -0.05) is 31.7 Å². The van der Waals surface area contributed by atoms with E-state index < -0.39 is 0 Å². The van der Waals surface area contributed by atoms with Crippen LogP contribution >= 0.6 is 0 Å². The van der Waals surface area contributed by atoms with Gasteiger partial charge in [0.2, 0.25) is 0 Å². The van der Waals surface area contributed by atoms with Crippen molar-refractivity contribution in [2.45, 2.75) is 51.0 Å². The summed E-state index contributed by atoms with van der Waals surface area (Å²) >= 11 is 0. The van der Waals surface area contributed by atoms with Crippen LogP contribution in [0.5, 0.6) is 0 Å². The van der Waals surface area contributed by atoms with Gasteiger partial charge in [-0.15, -0.1) is 0 Å². The number of hydrogen-bond donors (Lipinski definition) is 1. The van der Waals surface area contributed by atoms with Gasteiger partial charge in [0.1, 0.15) is 5.65 Å². The minimum atomic E-state index is 0.619. The van der Waals surface area contributed by atoms with Gasteiger partial charge in [-0.2, -0.15) is 0 Å². The van der Waals surface area contributed by atoms with E-state index in [1.807, 2.05) is 6.07 Å². The van der Waals surface area contributed by atoms with E-state index in [1.54, 1.807) is 0 Å². The highest BCUT2D eigenvalue weighted by atomic mass is 15.2. The van der Waals surface area contributed by atoms with Crippen LogP contribution in [0.25, 0.3) is 5.65 Å². The highest BCUT2D eigenvalue weighted by Crippen LogP contribution is 2.28. The molecule has 0 aliphatic heterocycles. The van der Waals surface area contributed by atoms with E-state index in [0.717, 1.165) is 17.9 Å². The fourth-order valence-electron chi connectivity index (χ4n) is 3.50. The first-order valence-corrected chi connectivity index (χ1v) is 8.20. The molecule has 4 heteroatoms. The lowest BCUT2D eigenvalue weighted by molar-refractivity contribution is 0.548. The van der Waals surface area contributed by atoms with Gasteiger partial charge in [0.15, 0.2) is 5.82 Å². The fraction of sp³-hybridized carbons (Fsp3) is 0.588. The van der Waals surface area contributed by atoms with Crippen LogP contribution in [0.3, 0.4) is 0 Å². The van der Waals surface area contributed by atoms with Crippen molar-refractivity contribution in [2.24, 2.45) is 5.73 Å². The molecule has 0 saturated heterocycles. The number of nitrogens with two attached hydrogens (primary N) is 1. The van der Waals surface area contributed by atoms with E-state index in [-0.39, 0.29) is 0 Å². The third-order valence-corrected chi connectivity index (χ3v) is 4.70. The van der Waals surface area contributed by atoms with E-state index in [9.17, 15) is 0 Å². The van der Waals surface area contributed by atoms with Crippen molar-refractivity contribution < 1.29 is 0 Å². The molecule has 114 valence electrons. The molecule has 0 bridgehead atoms. The number of nitrogens with zero attached hydrogens (tertiary/aromatic N) is 3. The summed E-state index contributed by atoms with van der Waals surface area (Å²) in [6.07, 6.45) is 11.0. The highest BCUT2D eigenvalue weighted by molar-refractivity contribution is 5.56. The van der Waals surface area contributed by atoms with Crippen molar-refractivity contribution in [3.8, 4) is 0 Å². The second-order valence-electron chi connectivity index (χ2n) is 6.11. The molecule has 0 unspecified atom stereocenters. The molecule has 0 atom stereocenters. The minimum Gasteiger partial charge on any atom is -0.355 e. The van der Waals surface area contributed by atoms with Gasteiger partial charge >= 0.3 is 0 Å². The Balaban J connectivity index is 1.95. The summed E-state index contributed by atoms with van der Waals surface area (Å²) in [4.78, 5) is 7.28. The monoisotopic (exact) mass is 286 g/mol. The summed E-state index contributed by atoms with van der Waals surface area (Å²) in [7, 11) is 2.21. The molecule has 21 heavy (non-hydrogen) atoms. The molecule has 0 spiro atoms. The number of imidazole rings is 1. The second kappa shape index (κ2) is 6.48. The van der Waals surface area contributed by atoms with Crippen LogP contribution in [0.15, 0.2) is 24.4 Å². The second-order valence-corrected chi connectivity index (χ2v) is 6.11. The molecule has 0 radical (unpaired) electrons. The summed E-state index contributed by atoms with van der Waals surface area (Å²) in [5.41, 5.74) is 8.10. The average molecular weight is 286 g/mol.